The van der Waals surface area contributed by atoms with Crippen molar-refractivity contribution in [2.45, 2.75) is 6.92 Å². The summed E-state index contributed by atoms with van der Waals surface area (Å²) in [6.07, 6.45) is 1.41. The zero-order chi connectivity index (χ0) is 7.40. The van der Waals surface area contributed by atoms with Crippen molar-refractivity contribution in [3.05, 3.63) is 35.4 Å². The molecule has 0 atom stereocenters. The molecule has 0 aliphatic rings. The molecule has 0 unspecified atom stereocenters. The molecule has 0 aliphatic heterocycles. The Morgan fingerprint density at radius 3 is 3.10 bits per heavy atom. The minimum atomic E-state index is 0.918. The van der Waals surface area contributed by atoms with Crippen LogP contribution in [0.2, 0.25) is 0 Å². The van der Waals surface area contributed by atoms with Gasteiger partial charge < -0.3 is 5.21 Å². The van der Waals surface area contributed by atoms with E-state index in [2.05, 4.69) is 11.2 Å². The molecule has 0 saturated carbocycles. The van der Waals surface area contributed by atoms with Crippen molar-refractivity contribution < 1.29 is 5.21 Å². The highest BCUT2D eigenvalue weighted by Gasteiger charge is 1.90. The van der Waals surface area contributed by atoms with E-state index < -0.39 is 0 Å². The summed E-state index contributed by atoms with van der Waals surface area (Å²) in [6.45, 7) is 1.94. The number of nitrogens with zero attached hydrogens (tertiary/aromatic N) is 1. The quantitative estimate of drug-likeness (QED) is 0.353. The molecule has 0 amide bonds. The largest absolute Gasteiger partial charge is 0.411 e. The molecule has 0 aromatic heterocycles. The third kappa shape index (κ3) is 1.35. The third-order valence-corrected chi connectivity index (χ3v) is 1.31. The molecular weight excluding hydrogens is 126 g/mol. The molecule has 51 valence electrons. The van der Waals surface area contributed by atoms with Gasteiger partial charge in [0.25, 0.3) is 0 Å². The Balaban J connectivity index is 3.03. The van der Waals surface area contributed by atoms with E-state index in [4.69, 9.17) is 5.21 Å². The van der Waals surface area contributed by atoms with Gasteiger partial charge in [-0.3, -0.25) is 0 Å². The van der Waals surface area contributed by atoms with Crippen molar-refractivity contribution in [3.63, 3.8) is 0 Å². The average molecular weight is 134 g/mol. The normalized spacial score (nSPS) is 10.5. The van der Waals surface area contributed by atoms with Crippen LogP contribution in [0.5, 0.6) is 0 Å². The Kier molecular flexibility index (Phi) is 2.05. The number of oxime groups is 1. The van der Waals surface area contributed by atoms with Crippen LogP contribution in [0.1, 0.15) is 11.1 Å². The molecule has 10 heavy (non-hydrogen) atoms. The molecule has 0 fully saturated rings. The van der Waals surface area contributed by atoms with E-state index in [1.807, 2.05) is 19.1 Å². The molecule has 1 rings (SSSR count). The first-order valence-electron chi connectivity index (χ1n) is 2.98. The lowest BCUT2D eigenvalue weighted by molar-refractivity contribution is 0.322. The molecule has 1 N–H and O–H groups in total. The number of benzene rings is 1. The van der Waals surface area contributed by atoms with Crippen molar-refractivity contribution >= 4 is 6.21 Å². The smallest absolute Gasteiger partial charge is 0.0736 e. The maximum Gasteiger partial charge on any atom is 0.0736 e. The SMILES string of the molecule is Cc1c[c]ccc1/C=N\O. The topological polar surface area (TPSA) is 32.6 Å². The summed E-state index contributed by atoms with van der Waals surface area (Å²) in [5.74, 6) is 0. The molecule has 1 radical (unpaired) electrons. The predicted octanol–water partition coefficient (Wildman–Crippen LogP) is 1.60. The van der Waals surface area contributed by atoms with Crippen LogP contribution in [0.3, 0.4) is 0 Å². The van der Waals surface area contributed by atoms with Crippen molar-refractivity contribution in [1.29, 1.82) is 0 Å². The van der Waals surface area contributed by atoms with Crippen molar-refractivity contribution in [2.75, 3.05) is 0 Å². The fourth-order valence-electron chi connectivity index (χ4n) is 0.733. The second-order valence-corrected chi connectivity index (χ2v) is 2.03. The average Bonchev–Trinajstić information content (AvgIpc) is 1.94. The Labute approximate surface area is 59.8 Å². The number of rotatable bonds is 1. The standard InChI is InChI=1S/C8H8NO/c1-7-4-2-3-5-8(7)6-9-10/h3-6,10H,1H3/b9-6-. The van der Waals surface area contributed by atoms with Crippen molar-refractivity contribution in [1.82, 2.24) is 0 Å². The molecular formula is C8H8NO. The number of aryl methyl sites for hydroxylation is 1. The monoisotopic (exact) mass is 134 g/mol. The molecule has 1 aromatic carbocycles. The van der Waals surface area contributed by atoms with Crippen molar-refractivity contribution in [3.8, 4) is 0 Å². The summed E-state index contributed by atoms with van der Waals surface area (Å²) in [6, 6.07) is 8.38. The van der Waals surface area contributed by atoms with Crippen LogP contribution in [0.15, 0.2) is 23.4 Å². The number of hydrogen-bond acceptors (Lipinski definition) is 2. The Morgan fingerprint density at radius 1 is 1.70 bits per heavy atom. The van der Waals surface area contributed by atoms with Crippen LogP contribution < -0.4 is 0 Å². The van der Waals surface area contributed by atoms with Crippen LogP contribution in [-0.2, 0) is 0 Å². The van der Waals surface area contributed by atoms with Gasteiger partial charge in [0.05, 0.1) is 6.21 Å². The van der Waals surface area contributed by atoms with Gasteiger partial charge in [0.1, 0.15) is 0 Å². The van der Waals surface area contributed by atoms with Gasteiger partial charge >= 0.3 is 0 Å². The van der Waals surface area contributed by atoms with Gasteiger partial charge in [-0.25, -0.2) is 0 Å². The Bertz CT molecular complexity index is 243. The molecule has 0 spiro atoms. The van der Waals surface area contributed by atoms with Gasteiger partial charge in [-0.15, -0.1) is 0 Å². The predicted molar refractivity (Wildman–Crippen MR) is 39.4 cm³/mol. The van der Waals surface area contributed by atoms with Gasteiger partial charge in [0.2, 0.25) is 0 Å². The lowest BCUT2D eigenvalue weighted by Gasteiger charge is -1.94. The highest BCUT2D eigenvalue weighted by Crippen LogP contribution is 2.02. The van der Waals surface area contributed by atoms with Crippen molar-refractivity contribution in [2.24, 2.45) is 5.16 Å². The van der Waals surface area contributed by atoms with Crippen LogP contribution >= 0.6 is 0 Å². The second-order valence-electron chi connectivity index (χ2n) is 2.03. The van der Waals surface area contributed by atoms with Gasteiger partial charge in [-0.1, -0.05) is 23.4 Å². The second kappa shape index (κ2) is 3.01. The fourth-order valence-corrected chi connectivity index (χ4v) is 0.733. The van der Waals surface area contributed by atoms with E-state index in [-0.39, 0.29) is 0 Å². The van der Waals surface area contributed by atoms with E-state index in [0.29, 0.717) is 0 Å². The summed E-state index contributed by atoms with van der Waals surface area (Å²) in [4.78, 5) is 0. The maximum atomic E-state index is 8.20. The molecule has 1 aromatic rings. The Hall–Kier alpha value is -1.31. The minimum Gasteiger partial charge on any atom is -0.411 e. The summed E-state index contributed by atoms with van der Waals surface area (Å²) in [7, 11) is 0. The summed E-state index contributed by atoms with van der Waals surface area (Å²) < 4.78 is 0. The van der Waals surface area contributed by atoms with Crippen LogP contribution in [-0.4, -0.2) is 11.4 Å². The number of hydrogen-bond donors (Lipinski definition) is 1. The lowest BCUT2D eigenvalue weighted by Crippen LogP contribution is -1.84. The first-order chi connectivity index (χ1) is 4.84. The van der Waals surface area contributed by atoms with Gasteiger partial charge in [-0.05, 0) is 24.1 Å². The highest BCUT2D eigenvalue weighted by molar-refractivity contribution is 5.80. The zero-order valence-corrected chi connectivity index (χ0v) is 5.70. The maximum absolute atomic E-state index is 8.20. The highest BCUT2D eigenvalue weighted by atomic mass is 16.4. The molecule has 2 heteroatoms. The van der Waals surface area contributed by atoms with Gasteiger partial charge in [0.15, 0.2) is 0 Å². The first-order valence-corrected chi connectivity index (χ1v) is 2.98. The molecule has 0 aliphatic carbocycles. The van der Waals surface area contributed by atoms with Crippen LogP contribution in [0.4, 0.5) is 0 Å². The minimum absolute atomic E-state index is 0.918. The first kappa shape index (κ1) is 6.81. The van der Waals surface area contributed by atoms with Crippen LogP contribution in [0, 0.1) is 13.0 Å². The summed E-state index contributed by atoms with van der Waals surface area (Å²) in [5, 5.41) is 11.1. The summed E-state index contributed by atoms with van der Waals surface area (Å²) >= 11 is 0. The van der Waals surface area contributed by atoms with E-state index in [9.17, 15) is 0 Å². The Morgan fingerprint density at radius 2 is 2.50 bits per heavy atom. The lowest BCUT2D eigenvalue weighted by atomic mass is 10.1. The third-order valence-electron chi connectivity index (χ3n) is 1.31. The van der Waals surface area contributed by atoms with Gasteiger partial charge in [0, 0.05) is 0 Å². The molecule has 0 saturated heterocycles. The van der Waals surface area contributed by atoms with Crippen LogP contribution in [0.25, 0.3) is 0 Å². The zero-order valence-electron chi connectivity index (χ0n) is 5.70. The molecule has 0 bridgehead atoms. The van der Waals surface area contributed by atoms with E-state index in [0.717, 1.165) is 11.1 Å². The molecule has 0 heterocycles. The van der Waals surface area contributed by atoms with E-state index >= 15 is 0 Å². The van der Waals surface area contributed by atoms with E-state index in [1.54, 1.807) is 6.07 Å². The fraction of sp³-hybridized carbons (Fsp3) is 0.125. The van der Waals surface area contributed by atoms with Gasteiger partial charge in [-0.2, -0.15) is 0 Å². The van der Waals surface area contributed by atoms with E-state index in [1.165, 1.54) is 6.21 Å². The molecule has 2 nitrogen and oxygen atoms in total. The summed E-state index contributed by atoms with van der Waals surface area (Å²) in [5.41, 5.74) is 1.97.